The zero-order valence-electron chi connectivity index (χ0n) is 15.9. The van der Waals surface area contributed by atoms with Gasteiger partial charge < -0.3 is 14.7 Å². The molecule has 0 unspecified atom stereocenters. The summed E-state index contributed by atoms with van der Waals surface area (Å²) in [6.45, 7) is 6.32. The van der Waals surface area contributed by atoms with Crippen molar-refractivity contribution in [3.63, 3.8) is 0 Å². The van der Waals surface area contributed by atoms with Crippen molar-refractivity contribution < 1.29 is 19.4 Å². The Labute approximate surface area is 151 Å². The third-order valence-electron chi connectivity index (χ3n) is 3.87. The van der Waals surface area contributed by atoms with E-state index >= 15 is 0 Å². The summed E-state index contributed by atoms with van der Waals surface area (Å²) in [5, 5.41) is 8.87. The number of rotatable bonds is 9. The van der Waals surface area contributed by atoms with E-state index in [1.807, 2.05) is 32.9 Å². The third-order valence-corrected chi connectivity index (χ3v) is 3.87. The standard InChI is InChI=1S/C20H31NO4/c1-20(2,3)25-19(24)21(4)15-9-7-5-6-8-10-16-11-13-17(14-12-16)18(22)23/h11-14H,5-10,15H2,1-4H3,(H,22,23). The number of hydrogen-bond acceptors (Lipinski definition) is 3. The third kappa shape index (κ3) is 9.13. The Kier molecular flexibility index (Phi) is 8.46. The Morgan fingerprint density at radius 3 is 2.12 bits per heavy atom. The van der Waals surface area contributed by atoms with Gasteiger partial charge in [-0.2, -0.15) is 0 Å². The van der Waals surface area contributed by atoms with E-state index in [1.165, 1.54) is 5.56 Å². The number of carbonyl (C=O) groups is 2. The second-order valence-electron chi connectivity index (χ2n) is 7.42. The lowest BCUT2D eigenvalue weighted by atomic mass is 10.0. The molecule has 1 aromatic rings. The molecule has 140 valence electrons. The Bertz CT molecular complexity index is 546. The lowest BCUT2D eigenvalue weighted by Crippen LogP contribution is -2.34. The monoisotopic (exact) mass is 349 g/mol. The van der Waals surface area contributed by atoms with Crippen LogP contribution >= 0.6 is 0 Å². The highest BCUT2D eigenvalue weighted by Gasteiger charge is 2.18. The molecule has 0 saturated carbocycles. The second-order valence-corrected chi connectivity index (χ2v) is 7.42. The zero-order chi connectivity index (χ0) is 18.9. The maximum Gasteiger partial charge on any atom is 0.410 e. The molecule has 0 aliphatic carbocycles. The van der Waals surface area contributed by atoms with Crippen molar-refractivity contribution in [3.8, 4) is 0 Å². The van der Waals surface area contributed by atoms with Crippen molar-refractivity contribution in [1.82, 2.24) is 4.90 Å². The molecule has 0 aliphatic rings. The number of carbonyl (C=O) groups excluding carboxylic acids is 1. The maximum atomic E-state index is 11.8. The van der Waals surface area contributed by atoms with Crippen LogP contribution < -0.4 is 0 Å². The fourth-order valence-corrected chi connectivity index (χ4v) is 2.45. The molecule has 5 nitrogen and oxygen atoms in total. The highest BCUT2D eigenvalue weighted by Crippen LogP contribution is 2.12. The first kappa shape index (κ1) is 21.0. The van der Waals surface area contributed by atoms with Gasteiger partial charge in [0.15, 0.2) is 0 Å². The summed E-state index contributed by atoms with van der Waals surface area (Å²) in [5.74, 6) is -0.886. The quantitative estimate of drug-likeness (QED) is 0.654. The van der Waals surface area contributed by atoms with Gasteiger partial charge in [0.2, 0.25) is 0 Å². The van der Waals surface area contributed by atoms with E-state index in [9.17, 15) is 9.59 Å². The predicted molar refractivity (Wildman–Crippen MR) is 99.1 cm³/mol. The first-order valence-electron chi connectivity index (χ1n) is 8.95. The van der Waals surface area contributed by atoms with Gasteiger partial charge in [0.25, 0.3) is 0 Å². The molecule has 0 aliphatic heterocycles. The van der Waals surface area contributed by atoms with Crippen LogP contribution in [0.5, 0.6) is 0 Å². The Morgan fingerprint density at radius 1 is 1.00 bits per heavy atom. The number of ether oxygens (including phenoxy) is 1. The van der Waals surface area contributed by atoms with E-state index in [0.717, 1.165) is 38.5 Å². The van der Waals surface area contributed by atoms with Gasteiger partial charge in [0.05, 0.1) is 5.56 Å². The summed E-state index contributed by atoms with van der Waals surface area (Å²) in [6, 6.07) is 7.09. The molecule has 1 aromatic carbocycles. The molecule has 1 rings (SSSR count). The minimum Gasteiger partial charge on any atom is -0.478 e. The van der Waals surface area contributed by atoms with Crippen molar-refractivity contribution in [2.45, 2.75) is 64.9 Å². The summed E-state index contributed by atoms with van der Waals surface area (Å²) >= 11 is 0. The molecule has 0 heterocycles. The van der Waals surface area contributed by atoms with Gasteiger partial charge in [-0.1, -0.05) is 31.4 Å². The first-order chi connectivity index (χ1) is 11.7. The van der Waals surface area contributed by atoms with Crippen LogP contribution in [-0.2, 0) is 11.2 Å². The maximum absolute atomic E-state index is 11.8. The van der Waals surface area contributed by atoms with Gasteiger partial charge in [0, 0.05) is 13.6 Å². The van der Waals surface area contributed by atoms with Crippen molar-refractivity contribution in [3.05, 3.63) is 35.4 Å². The number of hydrogen-bond donors (Lipinski definition) is 1. The average molecular weight is 349 g/mol. The number of aromatic carboxylic acids is 1. The minimum atomic E-state index is -0.886. The predicted octanol–water partition coefficient (Wildman–Crippen LogP) is 4.74. The molecule has 0 fully saturated rings. The normalized spacial score (nSPS) is 11.2. The molecule has 0 atom stereocenters. The number of benzene rings is 1. The van der Waals surface area contributed by atoms with E-state index in [2.05, 4.69) is 0 Å². The minimum absolute atomic E-state index is 0.266. The van der Waals surface area contributed by atoms with Crippen molar-refractivity contribution in [1.29, 1.82) is 0 Å². The van der Waals surface area contributed by atoms with E-state index in [0.29, 0.717) is 12.1 Å². The van der Waals surface area contributed by atoms with Gasteiger partial charge in [-0.05, 0) is 57.7 Å². The Balaban J connectivity index is 2.10. The molecule has 0 saturated heterocycles. The van der Waals surface area contributed by atoms with Crippen LogP contribution in [0.3, 0.4) is 0 Å². The number of nitrogens with zero attached hydrogens (tertiary/aromatic N) is 1. The fourth-order valence-electron chi connectivity index (χ4n) is 2.45. The summed E-state index contributed by atoms with van der Waals surface area (Å²) in [4.78, 5) is 24.2. The van der Waals surface area contributed by atoms with Gasteiger partial charge in [-0.15, -0.1) is 0 Å². The lowest BCUT2D eigenvalue weighted by molar-refractivity contribution is 0.0296. The molecule has 1 amide bonds. The van der Waals surface area contributed by atoms with Crippen LogP contribution in [0.25, 0.3) is 0 Å². The van der Waals surface area contributed by atoms with Crippen LogP contribution in [-0.4, -0.2) is 41.3 Å². The summed E-state index contributed by atoms with van der Waals surface area (Å²) in [6.07, 6.45) is 6.13. The molecular weight excluding hydrogens is 318 g/mol. The van der Waals surface area contributed by atoms with E-state index in [1.54, 1.807) is 24.1 Å². The van der Waals surface area contributed by atoms with Crippen LogP contribution in [0.1, 0.15) is 68.8 Å². The van der Waals surface area contributed by atoms with Crippen molar-refractivity contribution in [2.24, 2.45) is 0 Å². The molecule has 25 heavy (non-hydrogen) atoms. The SMILES string of the molecule is CN(CCCCCCCc1ccc(C(=O)O)cc1)C(=O)OC(C)(C)C. The number of carboxylic acids is 1. The van der Waals surface area contributed by atoms with Gasteiger partial charge >= 0.3 is 12.1 Å². The number of unbranched alkanes of at least 4 members (excludes halogenated alkanes) is 4. The number of amides is 1. The molecule has 0 spiro atoms. The summed E-state index contributed by atoms with van der Waals surface area (Å²) in [7, 11) is 1.77. The van der Waals surface area contributed by atoms with E-state index < -0.39 is 11.6 Å². The number of aryl methyl sites for hydroxylation is 1. The average Bonchev–Trinajstić information content (AvgIpc) is 2.52. The topological polar surface area (TPSA) is 66.8 Å². The van der Waals surface area contributed by atoms with Crippen molar-refractivity contribution in [2.75, 3.05) is 13.6 Å². The van der Waals surface area contributed by atoms with Gasteiger partial charge in [-0.3, -0.25) is 0 Å². The summed E-state index contributed by atoms with van der Waals surface area (Å²) < 4.78 is 5.32. The molecule has 1 N–H and O–H groups in total. The van der Waals surface area contributed by atoms with E-state index in [4.69, 9.17) is 9.84 Å². The zero-order valence-corrected chi connectivity index (χ0v) is 15.9. The fraction of sp³-hybridized carbons (Fsp3) is 0.600. The largest absolute Gasteiger partial charge is 0.478 e. The van der Waals surface area contributed by atoms with Crippen LogP contribution in [0.15, 0.2) is 24.3 Å². The first-order valence-corrected chi connectivity index (χ1v) is 8.95. The van der Waals surface area contributed by atoms with Gasteiger partial charge in [-0.25, -0.2) is 9.59 Å². The molecular formula is C20H31NO4. The molecule has 0 bridgehead atoms. The smallest absolute Gasteiger partial charge is 0.410 e. The van der Waals surface area contributed by atoms with E-state index in [-0.39, 0.29) is 6.09 Å². The van der Waals surface area contributed by atoms with Crippen molar-refractivity contribution >= 4 is 12.1 Å². The number of carboxylic acid groups (broad SMARTS) is 1. The second kappa shape index (κ2) is 10.1. The van der Waals surface area contributed by atoms with Crippen LogP contribution in [0, 0.1) is 0 Å². The molecule has 5 heteroatoms. The Hall–Kier alpha value is -2.04. The molecule has 0 aromatic heterocycles. The lowest BCUT2D eigenvalue weighted by Gasteiger charge is -2.24. The van der Waals surface area contributed by atoms with Gasteiger partial charge in [0.1, 0.15) is 5.60 Å². The molecule has 0 radical (unpaired) electrons. The summed E-state index contributed by atoms with van der Waals surface area (Å²) in [5.41, 5.74) is 1.06. The van der Waals surface area contributed by atoms with Crippen LogP contribution in [0.2, 0.25) is 0 Å². The van der Waals surface area contributed by atoms with Crippen LogP contribution in [0.4, 0.5) is 4.79 Å². The highest BCUT2D eigenvalue weighted by atomic mass is 16.6. The Morgan fingerprint density at radius 2 is 1.56 bits per heavy atom. The highest BCUT2D eigenvalue weighted by molar-refractivity contribution is 5.87.